The van der Waals surface area contributed by atoms with Crippen LogP contribution < -0.4 is 5.32 Å². The molecular formula is C6H8N4O3. The Kier molecular flexibility index (Phi) is 2.27. The number of nitrogens with zero attached hydrogens (tertiary/aromatic N) is 2. The van der Waals surface area contributed by atoms with E-state index in [-0.39, 0.29) is 17.1 Å². The molecule has 0 aliphatic carbocycles. The first-order valence-electron chi connectivity index (χ1n) is 3.49. The van der Waals surface area contributed by atoms with Crippen LogP contribution >= 0.6 is 0 Å². The molecule has 1 rings (SSSR count). The van der Waals surface area contributed by atoms with Gasteiger partial charge in [0.15, 0.2) is 5.69 Å². The van der Waals surface area contributed by atoms with E-state index in [0.29, 0.717) is 0 Å². The second-order valence-electron chi connectivity index (χ2n) is 2.38. The van der Waals surface area contributed by atoms with Gasteiger partial charge in [0, 0.05) is 7.05 Å². The lowest BCUT2D eigenvalue weighted by atomic mass is 10.2. The summed E-state index contributed by atoms with van der Waals surface area (Å²) >= 11 is 0. The third-order valence-electron chi connectivity index (χ3n) is 1.61. The van der Waals surface area contributed by atoms with Crippen molar-refractivity contribution in [1.82, 2.24) is 15.5 Å². The highest BCUT2D eigenvalue weighted by atomic mass is 16.6. The molecular weight excluding hydrogens is 176 g/mol. The largest absolute Gasteiger partial charge is 0.358 e. The van der Waals surface area contributed by atoms with E-state index in [1.807, 2.05) is 0 Å². The highest BCUT2D eigenvalue weighted by Gasteiger charge is 2.21. The van der Waals surface area contributed by atoms with Crippen LogP contribution in [0.15, 0.2) is 0 Å². The molecule has 7 nitrogen and oxygen atoms in total. The molecule has 1 aromatic rings. The summed E-state index contributed by atoms with van der Waals surface area (Å²) in [6.07, 6.45) is 0. The number of H-pyrrole nitrogens is 1. The van der Waals surface area contributed by atoms with Crippen LogP contribution in [-0.4, -0.2) is 28.1 Å². The number of aromatic nitrogens is 2. The highest BCUT2D eigenvalue weighted by molar-refractivity contribution is 5.94. The zero-order chi connectivity index (χ0) is 10.0. The lowest BCUT2D eigenvalue weighted by Crippen LogP contribution is -2.19. The molecule has 0 fully saturated rings. The maximum atomic E-state index is 11.1. The fourth-order valence-corrected chi connectivity index (χ4v) is 0.906. The molecule has 1 aromatic heterocycles. The van der Waals surface area contributed by atoms with Crippen molar-refractivity contribution in [1.29, 1.82) is 0 Å². The SMILES string of the molecule is CNC(=O)c1n[nH]c([N+](=O)[O-])c1C. The first-order chi connectivity index (χ1) is 6.07. The molecule has 0 unspecified atom stereocenters. The number of nitro groups is 1. The fraction of sp³-hybridized carbons (Fsp3) is 0.333. The van der Waals surface area contributed by atoms with Crippen LogP contribution in [0.25, 0.3) is 0 Å². The molecule has 0 bridgehead atoms. The maximum Gasteiger partial charge on any atom is 0.346 e. The molecule has 0 spiro atoms. The van der Waals surface area contributed by atoms with Gasteiger partial charge in [-0.3, -0.25) is 4.79 Å². The van der Waals surface area contributed by atoms with Crippen LogP contribution in [0.4, 0.5) is 5.82 Å². The average Bonchev–Trinajstić information content (AvgIpc) is 2.46. The van der Waals surface area contributed by atoms with Gasteiger partial charge < -0.3 is 15.4 Å². The summed E-state index contributed by atoms with van der Waals surface area (Å²) in [5.74, 6) is -0.694. The van der Waals surface area contributed by atoms with Crippen molar-refractivity contribution in [3.05, 3.63) is 21.4 Å². The molecule has 0 atom stereocenters. The Balaban J connectivity index is 3.13. The monoisotopic (exact) mass is 184 g/mol. The minimum absolute atomic E-state index is 0.0502. The smallest absolute Gasteiger partial charge is 0.346 e. The van der Waals surface area contributed by atoms with E-state index < -0.39 is 10.8 Å². The number of amides is 1. The van der Waals surface area contributed by atoms with Gasteiger partial charge in [-0.1, -0.05) is 5.10 Å². The summed E-state index contributed by atoms with van der Waals surface area (Å²) in [6, 6.07) is 0. The first kappa shape index (κ1) is 9.17. The molecule has 1 heterocycles. The summed E-state index contributed by atoms with van der Waals surface area (Å²) in [7, 11) is 1.43. The van der Waals surface area contributed by atoms with Crippen LogP contribution in [0.5, 0.6) is 0 Å². The van der Waals surface area contributed by atoms with E-state index in [0.717, 1.165) is 0 Å². The Morgan fingerprint density at radius 3 is 2.69 bits per heavy atom. The lowest BCUT2D eigenvalue weighted by Gasteiger charge is -1.93. The summed E-state index contributed by atoms with van der Waals surface area (Å²) < 4.78 is 0. The van der Waals surface area contributed by atoms with Crippen LogP contribution in [0, 0.1) is 17.0 Å². The van der Waals surface area contributed by atoms with Gasteiger partial charge >= 0.3 is 5.82 Å². The second kappa shape index (κ2) is 3.21. The van der Waals surface area contributed by atoms with Gasteiger partial charge in [-0.25, -0.2) is 0 Å². The Bertz CT molecular complexity index is 357. The van der Waals surface area contributed by atoms with Crippen molar-refractivity contribution in [2.45, 2.75) is 6.92 Å². The molecule has 0 aliphatic heterocycles. The van der Waals surface area contributed by atoms with Gasteiger partial charge in [0.1, 0.15) is 0 Å². The molecule has 70 valence electrons. The minimum Gasteiger partial charge on any atom is -0.358 e. The van der Waals surface area contributed by atoms with Crippen molar-refractivity contribution in [2.24, 2.45) is 0 Å². The Morgan fingerprint density at radius 1 is 1.69 bits per heavy atom. The summed E-state index contributed by atoms with van der Waals surface area (Å²) in [5, 5.41) is 18.4. The van der Waals surface area contributed by atoms with E-state index >= 15 is 0 Å². The highest BCUT2D eigenvalue weighted by Crippen LogP contribution is 2.16. The van der Waals surface area contributed by atoms with Gasteiger partial charge in [0.2, 0.25) is 0 Å². The number of carbonyl (C=O) groups is 1. The van der Waals surface area contributed by atoms with E-state index in [4.69, 9.17) is 0 Å². The van der Waals surface area contributed by atoms with Crippen molar-refractivity contribution in [3.63, 3.8) is 0 Å². The van der Waals surface area contributed by atoms with Crippen molar-refractivity contribution < 1.29 is 9.72 Å². The zero-order valence-corrected chi connectivity index (χ0v) is 7.12. The van der Waals surface area contributed by atoms with Crippen molar-refractivity contribution in [3.8, 4) is 0 Å². The van der Waals surface area contributed by atoms with Gasteiger partial charge in [-0.15, -0.1) is 5.10 Å². The van der Waals surface area contributed by atoms with Crippen LogP contribution in [0.1, 0.15) is 16.1 Å². The van der Waals surface area contributed by atoms with Crippen LogP contribution in [0.2, 0.25) is 0 Å². The van der Waals surface area contributed by atoms with E-state index in [9.17, 15) is 14.9 Å². The predicted molar refractivity (Wildman–Crippen MR) is 43.4 cm³/mol. The number of rotatable bonds is 2. The third-order valence-corrected chi connectivity index (χ3v) is 1.61. The number of nitrogens with one attached hydrogen (secondary N) is 2. The quantitative estimate of drug-likeness (QED) is 0.498. The van der Waals surface area contributed by atoms with E-state index in [1.54, 1.807) is 0 Å². The molecule has 0 saturated heterocycles. The molecule has 2 N–H and O–H groups in total. The Hall–Kier alpha value is -1.92. The summed E-state index contributed by atoms with van der Waals surface area (Å²) in [6.45, 7) is 1.46. The van der Waals surface area contributed by atoms with Gasteiger partial charge in [0.05, 0.1) is 5.56 Å². The standard InChI is InChI=1S/C6H8N4O3/c1-3-4(6(11)7-2)8-9-5(3)10(12)13/h1-2H3,(H,7,11)(H,8,9). The molecule has 0 saturated carbocycles. The fourth-order valence-electron chi connectivity index (χ4n) is 0.906. The van der Waals surface area contributed by atoms with Gasteiger partial charge in [-0.2, -0.15) is 0 Å². The Labute approximate surface area is 73.3 Å². The topological polar surface area (TPSA) is 101 Å². The third kappa shape index (κ3) is 1.48. The van der Waals surface area contributed by atoms with E-state index in [1.165, 1.54) is 14.0 Å². The maximum absolute atomic E-state index is 11.1. The van der Waals surface area contributed by atoms with Gasteiger partial charge in [-0.05, 0) is 11.8 Å². The van der Waals surface area contributed by atoms with Crippen molar-refractivity contribution >= 4 is 11.7 Å². The molecule has 1 amide bonds. The second-order valence-corrected chi connectivity index (χ2v) is 2.38. The number of carbonyl (C=O) groups excluding carboxylic acids is 1. The first-order valence-corrected chi connectivity index (χ1v) is 3.49. The molecule has 7 heteroatoms. The molecule has 0 aromatic carbocycles. The van der Waals surface area contributed by atoms with Gasteiger partial charge in [0.25, 0.3) is 5.91 Å². The van der Waals surface area contributed by atoms with Crippen molar-refractivity contribution in [2.75, 3.05) is 7.05 Å². The summed E-state index contributed by atoms with van der Waals surface area (Å²) in [5.41, 5.74) is 0.290. The zero-order valence-electron chi connectivity index (χ0n) is 7.12. The van der Waals surface area contributed by atoms with Crippen LogP contribution in [0.3, 0.4) is 0 Å². The minimum atomic E-state index is -0.616. The average molecular weight is 184 g/mol. The van der Waals surface area contributed by atoms with Crippen LogP contribution in [-0.2, 0) is 0 Å². The number of hydrogen-bond donors (Lipinski definition) is 2. The summed E-state index contributed by atoms with van der Waals surface area (Å²) in [4.78, 5) is 20.8. The number of hydrogen-bond acceptors (Lipinski definition) is 4. The van der Waals surface area contributed by atoms with E-state index in [2.05, 4.69) is 15.5 Å². The lowest BCUT2D eigenvalue weighted by molar-refractivity contribution is -0.390. The Morgan fingerprint density at radius 2 is 2.31 bits per heavy atom. The molecule has 13 heavy (non-hydrogen) atoms. The predicted octanol–water partition coefficient (Wildman–Crippen LogP) is -0.0141. The molecule has 0 aliphatic rings. The normalized spacial score (nSPS) is 9.69. The molecule has 0 radical (unpaired) electrons. The number of aromatic amines is 1.